The Morgan fingerprint density at radius 1 is 1.30 bits per heavy atom. The van der Waals surface area contributed by atoms with Crippen molar-refractivity contribution < 1.29 is 9.50 Å². The van der Waals surface area contributed by atoms with Gasteiger partial charge in [0.05, 0.1) is 6.10 Å². The molecule has 20 heavy (non-hydrogen) atoms. The van der Waals surface area contributed by atoms with Crippen LogP contribution in [0.25, 0.3) is 0 Å². The molecule has 4 heteroatoms. The van der Waals surface area contributed by atoms with E-state index < -0.39 is 6.10 Å². The van der Waals surface area contributed by atoms with E-state index in [4.69, 9.17) is 0 Å². The lowest BCUT2D eigenvalue weighted by molar-refractivity contribution is 0.0590. The van der Waals surface area contributed by atoms with Crippen LogP contribution < -0.4 is 0 Å². The lowest BCUT2D eigenvalue weighted by Crippen LogP contribution is -2.36. The number of halogens is 1. The van der Waals surface area contributed by atoms with Crippen LogP contribution in [0.4, 0.5) is 4.39 Å². The number of aliphatic hydroxyl groups is 1. The summed E-state index contributed by atoms with van der Waals surface area (Å²) in [5.74, 6) is 1.28. The van der Waals surface area contributed by atoms with Crippen molar-refractivity contribution in [3.63, 3.8) is 0 Å². The monoisotopic (exact) mass is 297 g/mol. The molecular weight excluding hydrogens is 273 g/mol. The normalized spacial score (nSPS) is 19.1. The molecule has 0 aromatic heterocycles. The van der Waals surface area contributed by atoms with E-state index in [9.17, 15) is 9.50 Å². The highest BCUT2D eigenvalue weighted by molar-refractivity contribution is 7.98. The third kappa shape index (κ3) is 4.47. The van der Waals surface area contributed by atoms with E-state index in [1.54, 1.807) is 12.1 Å². The fraction of sp³-hybridized carbons (Fsp3) is 0.625. The van der Waals surface area contributed by atoms with E-state index in [1.165, 1.54) is 30.9 Å². The summed E-state index contributed by atoms with van der Waals surface area (Å²) in [6, 6.07) is 6.25. The summed E-state index contributed by atoms with van der Waals surface area (Å²) in [5, 5.41) is 10.4. The van der Waals surface area contributed by atoms with Gasteiger partial charge >= 0.3 is 0 Å². The van der Waals surface area contributed by atoms with Crippen molar-refractivity contribution in [2.24, 2.45) is 5.92 Å². The number of rotatable bonds is 6. The number of hydrogen-bond acceptors (Lipinski definition) is 3. The predicted octanol–water partition coefficient (Wildman–Crippen LogP) is 3.32. The SMILES string of the molecule is CSCCCN1CCC(C(O)c2ccc(F)cc2)CC1. The van der Waals surface area contributed by atoms with Crippen LogP contribution in [-0.2, 0) is 0 Å². The zero-order valence-corrected chi connectivity index (χ0v) is 12.9. The standard InChI is InChI=1S/C16H24FNOS/c1-20-12-2-9-18-10-7-14(8-11-18)16(19)13-3-5-15(17)6-4-13/h3-6,14,16,19H,2,7-12H2,1H3. The van der Waals surface area contributed by atoms with Crippen LogP contribution >= 0.6 is 11.8 Å². The maximum Gasteiger partial charge on any atom is 0.123 e. The molecule has 1 N–H and O–H groups in total. The molecule has 1 unspecified atom stereocenters. The molecule has 1 atom stereocenters. The second-order valence-corrected chi connectivity index (χ2v) is 6.51. The minimum atomic E-state index is -0.455. The molecule has 1 aromatic carbocycles. The van der Waals surface area contributed by atoms with Crippen LogP contribution in [0, 0.1) is 11.7 Å². The van der Waals surface area contributed by atoms with E-state index in [0.29, 0.717) is 5.92 Å². The molecule has 0 amide bonds. The van der Waals surface area contributed by atoms with Crippen LogP contribution in [0.15, 0.2) is 24.3 Å². The fourth-order valence-corrected chi connectivity index (χ4v) is 3.27. The zero-order valence-electron chi connectivity index (χ0n) is 12.1. The van der Waals surface area contributed by atoms with Gasteiger partial charge in [-0.25, -0.2) is 4.39 Å². The van der Waals surface area contributed by atoms with Crippen molar-refractivity contribution in [1.29, 1.82) is 0 Å². The minimum Gasteiger partial charge on any atom is -0.388 e. The first-order valence-corrected chi connectivity index (χ1v) is 8.75. The van der Waals surface area contributed by atoms with Crippen molar-refractivity contribution in [2.75, 3.05) is 31.6 Å². The Morgan fingerprint density at radius 2 is 1.95 bits per heavy atom. The van der Waals surface area contributed by atoms with Gasteiger partial charge in [0.1, 0.15) is 5.82 Å². The summed E-state index contributed by atoms with van der Waals surface area (Å²) in [6.07, 6.45) is 4.98. The summed E-state index contributed by atoms with van der Waals surface area (Å²) in [6.45, 7) is 3.30. The minimum absolute atomic E-state index is 0.246. The molecule has 0 bridgehead atoms. The van der Waals surface area contributed by atoms with Gasteiger partial charge in [0.2, 0.25) is 0 Å². The Labute approximate surface area is 125 Å². The average molecular weight is 297 g/mol. The van der Waals surface area contributed by atoms with Crippen molar-refractivity contribution >= 4 is 11.8 Å². The number of piperidine rings is 1. The van der Waals surface area contributed by atoms with Gasteiger partial charge in [0.25, 0.3) is 0 Å². The van der Waals surface area contributed by atoms with Crippen LogP contribution in [0.2, 0.25) is 0 Å². The first-order valence-electron chi connectivity index (χ1n) is 7.35. The largest absolute Gasteiger partial charge is 0.388 e. The Morgan fingerprint density at radius 3 is 2.55 bits per heavy atom. The highest BCUT2D eigenvalue weighted by Crippen LogP contribution is 2.30. The Bertz CT molecular complexity index is 390. The van der Waals surface area contributed by atoms with Crippen molar-refractivity contribution in [2.45, 2.75) is 25.4 Å². The molecule has 1 saturated heterocycles. The predicted molar refractivity (Wildman–Crippen MR) is 83.5 cm³/mol. The number of likely N-dealkylation sites (tertiary alicyclic amines) is 1. The van der Waals surface area contributed by atoms with Gasteiger partial charge in [-0.1, -0.05) is 12.1 Å². The smallest absolute Gasteiger partial charge is 0.123 e. The zero-order chi connectivity index (χ0) is 14.4. The molecule has 0 radical (unpaired) electrons. The Balaban J connectivity index is 1.79. The maximum absolute atomic E-state index is 12.9. The first-order chi connectivity index (χ1) is 9.70. The van der Waals surface area contributed by atoms with E-state index in [1.807, 2.05) is 11.8 Å². The van der Waals surface area contributed by atoms with Gasteiger partial charge < -0.3 is 10.0 Å². The molecule has 1 aliphatic heterocycles. The quantitative estimate of drug-likeness (QED) is 0.815. The second kappa shape index (κ2) is 8.01. The van der Waals surface area contributed by atoms with Crippen molar-refractivity contribution in [1.82, 2.24) is 4.90 Å². The van der Waals surface area contributed by atoms with E-state index >= 15 is 0 Å². The van der Waals surface area contributed by atoms with Gasteiger partial charge in [-0.15, -0.1) is 0 Å². The molecule has 0 aliphatic carbocycles. The molecular formula is C16H24FNOS. The molecule has 1 fully saturated rings. The van der Waals surface area contributed by atoms with Gasteiger partial charge in [-0.3, -0.25) is 0 Å². The van der Waals surface area contributed by atoms with Crippen LogP contribution in [0.1, 0.15) is 30.9 Å². The van der Waals surface area contributed by atoms with Gasteiger partial charge in [0, 0.05) is 0 Å². The lowest BCUT2D eigenvalue weighted by Gasteiger charge is -2.34. The topological polar surface area (TPSA) is 23.5 Å². The van der Waals surface area contributed by atoms with Crippen molar-refractivity contribution in [3.8, 4) is 0 Å². The second-order valence-electron chi connectivity index (χ2n) is 5.52. The molecule has 0 spiro atoms. The number of aliphatic hydroxyl groups excluding tert-OH is 1. The van der Waals surface area contributed by atoms with Crippen LogP contribution in [-0.4, -0.2) is 41.6 Å². The summed E-state index contributed by atoms with van der Waals surface area (Å²) in [7, 11) is 0. The highest BCUT2D eigenvalue weighted by Gasteiger charge is 2.25. The maximum atomic E-state index is 12.9. The number of hydrogen-bond donors (Lipinski definition) is 1. The van der Waals surface area contributed by atoms with Crippen LogP contribution in [0.3, 0.4) is 0 Å². The third-order valence-corrected chi connectivity index (χ3v) is 4.81. The van der Waals surface area contributed by atoms with Crippen LogP contribution in [0.5, 0.6) is 0 Å². The summed E-state index contributed by atoms with van der Waals surface area (Å²) in [5.41, 5.74) is 0.840. The summed E-state index contributed by atoms with van der Waals surface area (Å²) >= 11 is 1.90. The fourth-order valence-electron chi connectivity index (χ4n) is 2.86. The van der Waals surface area contributed by atoms with E-state index in [0.717, 1.165) is 31.5 Å². The summed E-state index contributed by atoms with van der Waals surface area (Å²) < 4.78 is 12.9. The average Bonchev–Trinajstić information content (AvgIpc) is 2.48. The van der Waals surface area contributed by atoms with E-state index in [2.05, 4.69) is 11.2 Å². The molecule has 0 saturated carbocycles. The Kier molecular flexibility index (Phi) is 6.33. The molecule has 2 rings (SSSR count). The van der Waals surface area contributed by atoms with E-state index in [-0.39, 0.29) is 5.82 Å². The molecule has 1 aliphatic rings. The molecule has 112 valence electrons. The van der Waals surface area contributed by atoms with Crippen molar-refractivity contribution in [3.05, 3.63) is 35.6 Å². The molecule has 1 aromatic rings. The highest BCUT2D eigenvalue weighted by atomic mass is 32.2. The number of benzene rings is 1. The lowest BCUT2D eigenvalue weighted by atomic mass is 9.87. The Hall–Kier alpha value is -0.580. The third-order valence-electron chi connectivity index (χ3n) is 4.11. The molecule has 2 nitrogen and oxygen atoms in total. The van der Waals surface area contributed by atoms with Gasteiger partial charge in [-0.2, -0.15) is 11.8 Å². The number of thioether (sulfide) groups is 1. The molecule has 1 heterocycles. The first kappa shape index (κ1) is 15.8. The van der Waals surface area contributed by atoms with Gasteiger partial charge in [0.15, 0.2) is 0 Å². The number of nitrogens with zero attached hydrogens (tertiary/aromatic N) is 1. The van der Waals surface area contributed by atoms with Gasteiger partial charge in [-0.05, 0) is 74.5 Å². The summed E-state index contributed by atoms with van der Waals surface area (Å²) in [4.78, 5) is 2.49.